The molecule has 0 atom stereocenters. The summed E-state index contributed by atoms with van der Waals surface area (Å²) in [6, 6.07) is 21.1. The van der Waals surface area contributed by atoms with E-state index in [1.54, 1.807) is 0 Å². The van der Waals surface area contributed by atoms with Gasteiger partial charge < -0.3 is 4.74 Å². The predicted molar refractivity (Wildman–Crippen MR) is 81.1 cm³/mol. The molecule has 0 fully saturated rings. The highest BCUT2D eigenvalue weighted by atomic mass is 16.5. The predicted octanol–water partition coefficient (Wildman–Crippen LogP) is 3.41. The Kier molecular flexibility index (Phi) is 3.31. The zero-order chi connectivity index (χ0) is 14.0. The first-order valence-corrected chi connectivity index (χ1v) is 7.07. The Labute approximate surface area is 120 Å². The maximum Gasteiger partial charge on any atom is 0.334 e. The molecule has 0 saturated heterocycles. The van der Waals surface area contributed by atoms with Crippen molar-refractivity contribution in [3.05, 3.63) is 71.8 Å². The summed E-state index contributed by atoms with van der Waals surface area (Å²) in [7, 11) is 2.08. The van der Waals surface area contributed by atoms with E-state index in [4.69, 9.17) is 4.74 Å². The Morgan fingerprint density at radius 2 is 1.40 bits per heavy atom. The lowest BCUT2D eigenvalue weighted by Crippen LogP contribution is -2.42. The van der Waals surface area contributed by atoms with Crippen LogP contribution in [0.5, 0.6) is 0 Å². The van der Waals surface area contributed by atoms with Crippen LogP contribution in [0.2, 0.25) is 0 Å². The van der Waals surface area contributed by atoms with Crippen molar-refractivity contribution in [1.29, 1.82) is 0 Å². The fourth-order valence-corrected chi connectivity index (χ4v) is 2.85. The van der Waals surface area contributed by atoms with E-state index < -0.39 is 0 Å². The molecule has 2 nitrogen and oxygen atoms in total. The normalized spacial score (nSPS) is 17.7. The molecule has 1 aliphatic rings. The minimum Gasteiger partial charge on any atom is -0.432 e. The van der Waals surface area contributed by atoms with E-state index in [1.165, 1.54) is 11.1 Å². The zero-order valence-corrected chi connectivity index (χ0v) is 12.0. The van der Waals surface area contributed by atoms with Crippen molar-refractivity contribution in [3.63, 3.8) is 0 Å². The minimum absolute atomic E-state index is 0.362. The Morgan fingerprint density at radius 1 is 0.900 bits per heavy atom. The van der Waals surface area contributed by atoms with Crippen LogP contribution in [0.4, 0.5) is 0 Å². The monoisotopic (exact) mass is 266 g/mol. The number of rotatable bonds is 2. The fraction of sp³-hybridized carbons (Fsp3) is 0.278. The van der Waals surface area contributed by atoms with E-state index in [0.717, 1.165) is 18.9 Å². The van der Waals surface area contributed by atoms with Crippen LogP contribution in [0.1, 0.15) is 24.5 Å². The van der Waals surface area contributed by atoms with Gasteiger partial charge in [0, 0.05) is 11.1 Å². The van der Waals surface area contributed by atoms with Crippen LogP contribution in [0.25, 0.3) is 0 Å². The molecule has 0 saturated carbocycles. The van der Waals surface area contributed by atoms with Crippen molar-refractivity contribution in [2.24, 2.45) is 0 Å². The highest BCUT2D eigenvalue weighted by Gasteiger charge is 2.42. The summed E-state index contributed by atoms with van der Waals surface area (Å²) in [5.74, 6) is 0.976. The van der Waals surface area contributed by atoms with Gasteiger partial charge in [-0.1, -0.05) is 60.7 Å². The molecule has 2 heteroatoms. The first kappa shape index (κ1) is 12.9. The highest BCUT2D eigenvalue weighted by Crippen LogP contribution is 2.38. The van der Waals surface area contributed by atoms with Crippen molar-refractivity contribution in [1.82, 2.24) is 0 Å². The molecule has 2 aromatic carbocycles. The lowest BCUT2D eigenvalue weighted by molar-refractivity contribution is -0.522. The van der Waals surface area contributed by atoms with Crippen LogP contribution in [-0.2, 0) is 10.3 Å². The molecule has 0 unspecified atom stereocenters. The van der Waals surface area contributed by atoms with Crippen LogP contribution < -0.4 is 0 Å². The summed E-state index contributed by atoms with van der Waals surface area (Å²) in [6.45, 7) is 3.04. The summed E-state index contributed by atoms with van der Waals surface area (Å²) in [6.07, 6.45) is 0.953. The Morgan fingerprint density at radius 3 is 1.85 bits per heavy atom. The average Bonchev–Trinajstić information content (AvgIpc) is 2.52. The molecule has 0 bridgehead atoms. The van der Waals surface area contributed by atoms with Gasteiger partial charge in [-0.2, -0.15) is 0 Å². The molecular weight excluding hydrogens is 246 g/mol. The SMILES string of the molecule is CC1=[N+](C)CCC(c2ccccc2)(c2ccccc2)O1. The summed E-state index contributed by atoms with van der Waals surface area (Å²) in [5.41, 5.74) is 2.08. The molecule has 3 rings (SSSR count). The molecule has 0 amide bonds. The first-order valence-electron chi connectivity index (χ1n) is 7.07. The summed E-state index contributed by atoms with van der Waals surface area (Å²) < 4.78 is 8.57. The van der Waals surface area contributed by atoms with Gasteiger partial charge in [0.15, 0.2) is 12.1 Å². The van der Waals surface area contributed by atoms with Crippen molar-refractivity contribution in [3.8, 4) is 0 Å². The molecule has 0 aromatic heterocycles. The second-order valence-electron chi connectivity index (χ2n) is 5.35. The van der Waals surface area contributed by atoms with Crippen LogP contribution in [0.3, 0.4) is 0 Å². The molecular formula is C18H20NO+. The molecule has 1 aliphatic heterocycles. The number of ether oxygens (including phenoxy) is 1. The van der Waals surface area contributed by atoms with Gasteiger partial charge in [0.05, 0.1) is 13.3 Å². The maximum absolute atomic E-state index is 6.40. The Hall–Kier alpha value is -2.09. The lowest BCUT2D eigenvalue weighted by Gasteiger charge is -2.36. The Balaban J connectivity index is 2.15. The van der Waals surface area contributed by atoms with E-state index >= 15 is 0 Å². The topological polar surface area (TPSA) is 12.2 Å². The van der Waals surface area contributed by atoms with Crippen LogP contribution in [0.15, 0.2) is 60.7 Å². The third kappa shape index (κ3) is 2.11. The van der Waals surface area contributed by atoms with Crippen LogP contribution in [-0.4, -0.2) is 24.1 Å². The smallest absolute Gasteiger partial charge is 0.334 e. The highest BCUT2D eigenvalue weighted by molar-refractivity contribution is 5.69. The summed E-state index contributed by atoms with van der Waals surface area (Å²) in [5, 5.41) is 0. The second kappa shape index (κ2) is 5.12. The van der Waals surface area contributed by atoms with Crippen LogP contribution in [0, 0.1) is 0 Å². The largest absolute Gasteiger partial charge is 0.432 e. The molecule has 102 valence electrons. The minimum atomic E-state index is -0.362. The van der Waals surface area contributed by atoms with Crippen molar-refractivity contribution >= 4 is 5.90 Å². The lowest BCUT2D eigenvalue weighted by atomic mass is 9.82. The van der Waals surface area contributed by atoms with E-state index in [0.29, 0.717) is 0 Å². The third-order valence-corrected chi connectivity index (χ3v) is 4.14. The molecule has 0 spiro atoms. The molecule has 0 N–H and O–H groups in total. The van der Waals surface area contributed by atoms with Crippen LogP contribution >= 0.6 is 0 Å². The molecule has 0 aliphatic carbocycles. The van der Waals surface area contributed by atoms with E-state index in [1.807, 2.05) is 19.1 Å². The molecule has 2 aromatic rings. The van der Waals surface area contributed by atoms with Gasteiger partial charge in [0.1, 0.15) is 7.05 Å². The van der Waals surface area contributed by atoms with Gasteiger partial charge in [0.2, 0.25) is 0 Å². The fourth-order valence-electron chi connectivity index (χ4n) is 2.85. The van der Waals surface area contributed by atoms with Gasteiger partial charge in [-0.25, -0.2) is 4.58 Å². The summed E-state index contributed by atoms with van der Waals surface area (Å²) in [4.78, 5) is 0. The number of hydrogen-bond donors (Lipinski definition) is 0. The van der Waals surface area contributed by atoms with Crippen molar-refractivity contribution < 1.29 is 9.31 Å². The zero-order valence-electron chi connectivity index (χ0n) is 12.0. The van der Waals surface area contributed by atoms with Gasteiger partial charge >= 0.3 is 5.90 Å². The third-order valence-electron chi connectivity index (χ3n) is 4.14. The van der Waals surface area contributed by atoms with E-state index in [2.05, 4.69) is 60.2 Å². The van der Waals surface area contributed by atoms with Gasteiger partial charge in [0.25, 0.3) is 0 Å². The first-order chi connectivity index (χ1) is 9.72. The average molecular weight is 266 g/mol. The Bertz CT molecular complexity index is 577. The quantitative estimate of drug-likeness (QED) is 0.759. The van der Waals surface area contributed by atoms with E-state index in [9.17, 15) is 0 Å². The van der Waals surface area contributed by atoms with Gasteiger partial charge in [-0.05, 0) is 0 Å². The van der Waals surface area contributed by atoms with E-state index in [-0.39, 0.29) is 5.60 Å². The standard InChI is InChI=1S/C18H20NO/c1-15-19(2)14-13-18(20-15,16-9-5-3-6-10-16)17-11-7-4-8-12-17/h3-12H,13-14H2,1-2H3/q+1. The molecule has 1 heterocycles. The number of nitrogens with zero attached hydrogens (tertiary/aromatic N) is 1. The van der Waals surface area contributed by atoms with Gasteiger partial charge in [-0.15, -0.1) is 0 Å². The maximum atomic E-state index is 6.40. The number of benzene rings is 2. The van der Waals surface area contributed by atoms with Crippen molar-refractivity contribution in [2.75, 3.05) is 13.6 Å². The number of hydrogen-bond acceptors (Lipinski definition) is 1. The summed E-state index contributed by atoms with van der Waals surface area (Å²) >= 11 is 0. The molecule has 20 heavy (non-hydrogen) atoms. The van der Waals surface area contributed by atoms with Gasteiger partial charge in [-0.3, -0.25) is 0 Å². The molecule has 0 radical (unpaired) electrons. The van der Waals surface area contributed by atoms with Crippen molar-refractivity contribution in [2.45, 2.75) is 18.9 Å². The second-order valence-corrected chi connectivity index (χ2v) is 5.35.